The lowest BCUT2D eigenvalue weighted by Gasteiger charge is -2.27. The van der Waals surface area contributed by atoms with Gasteiger partial charge >= 0.3 is 0 Å². The molecule has 9 heteroatoms. The lowest BCUT2D eigenvalue weighted by Crippen LogP contribution is -2.49. The Morgan fingerprint density at radius 1 is 1.42 bits per heavy atom. The molecule has 1 aromatic heterocycles. The highest BCUT2D eigenvalue weighted by Crippen LogP contribution is 2.32. The Kier molecular flexibility index (Phi) is 5.67. The van der Waals surface area contributed by atoms with Crippen LogP contribution in [0.2, 0.25) is 0 Å². The summed E-state index contributed by atoms with van der Waals surface area (Å²) in [6, 6.07) is 3.52. The molecule has 0 atom stereocenters. The average Bonchev–Trinajstić information content (AvgIpc) is 3.16. The van der Waals surface area contributed by atoms with Crippen LogP contribution in [0.4, 0.5) is 0 Å². The maximum atomic E-state index is 12.4. The minimum absolute atomic E-state index is 0.138. The minimum Gasteiger partial charge on any atom is -0.465 e. The van der Waals surface area contributed by atoms with E-state index in [1.54, 1.807) is 24.5 Å². The number of hydrogen-bond acceptors (Lipinski definition) is 7. The number of hydrogen-bond donors (Lipinski definition) is 1. The SMILES string of the molecule is O=C(CCN1C(=O)/C(=C/c2ccco2)SC1=S)NN1CCOCC1. The summed E-state index contributed by atoms with van der Waals surface area (Å²) >= 11 is 6.46. The molecule has 1 N–H and O–H groups in total. The van der Waals surface area contributed by atoms with Crippen LogP contribution in [0.5, 0.6) is 0 Å². The zero-order chi connectivity index (χ0) is 16.9. The van der Waals surface area contributed by atoms with E-state index in [0.717, 1.165) is 0 Å². The van der Waals surface area contributed by atoms with Gasteiger partial charge in [-0.15, -0.1) is 0 Å². The third-order valence-corrected chi connectivity index (χ3v) is 4.92. The standard InChI is InChI=1S/C15H17N3O4S2/c19-13(16-17-5-8-21-9-6-17)3-4-18-14(20)12(24-15(18)23)10-11-2-1-7-22-11/h1-2,7,10H,3-6,8-9H2,(H,16,19)/b12-10-. The lowest BCUT2D eigenvalue weighted by atomic mass is 10.3. The zero-order valence-electron chi connectivity index (χ0n) is 12.9. The molecule has 0 bridgehead atoms. The number of thiocarbonyl (C=S) groups is 1. The van der Waals surface area contributed by atoms with Crippen LogP contribution in [0.1, 0.15) is 12.2 Å². The van der Waals surface area contributed by atoms with Crippen LogP contribution in [0.15, 0.2) is 27.7 Å². The molecular weight excluding hydrogens is 350 g/mol. The quantitative estimate of drug-likeness (QED) is 0.620. The average molecular weight is 367 g/mol. The summed E-state index contributed by atoms with van der Waals surface area (Å²) in [5, 5.41) is 1.83. The van der Waals surface area contributed by atoms with Crippen molar-refractivity contribution in [3.05, 3.63) is 29.1 Å². The number of rotatable bonds is 5. The highest BCUT2D eigenvalue weighted by atomic mass is 32.2. The van der Waals surface area contributed by atoms with Crippen molar-refractivity contribution >= 4 is 46.2 Å². The fourth-order valence-electron chi connectivity index (χ4n) is 2.32. The second kappa shape index (κ2) is 7.93. The second-order valence-corrected chi connectivity index (χ2v) is 6.91. The van der Waals surface area contributed by atoms with E-state index in [9.17, 15) is 9.59 Å². The van der Waals surface area contributed by atoms with Crippen molar-refractivity contribution < 1.29 is 18.7 Å². The number of morpholine rings is 1. The fourth-order valence-corrected chi connectivity index (χ4v) is 3.60. The smallest absolute Gasteiger partial charge is 0.266 e. The second-order valence-electron chi connectivity index (χ2n) is 5.23. The fraction of sp³-hybridized carbons (Fsp3) is 0.400. The first-order chi connectivity index (χ1) is 11.6. The van der Waals surface area contributed by atoms with E-state index in [4.69, 9.17) is 21.4 Å². The van der Waals surface area contributed by atoms with Gasteiger partial charge in [-0.1, -0.05) is 24.0 Å². The lowest BCUT2D eigenvalue weighted by molar-refractivity contribution is -0.128. The number of amides is 2. The molecule has 3 rings (SSSR count). The number of hydrazine groups is 1. The van der Waals surface area contributed by atoms with Gasteiger partial charge in [0, 0.05) is 32.1 Å². The Morgan fingerprint density at radius 3 is 2.92 bits per heavy atom. The third kappa shape index (κ3) is 4.23. The van der Waals surface area contributed by atoms with Gasteiger partial charge in [-0.05, 0) is 12.1 Å². The Morgan fingerprint density at radius 2 is 2.21 bits per heavy atom. The molecule has 7 nitrogen and oxygen atoms in total. The molecule has 2 aliphatic heterocycles. The van der Waals surface area contributed by atoms with E-state index in [1.807, 2.05) is 5.01 Å². The van der Waals surface area contributed by atoms with Gasteiger partial charge in [-0.3, -0.25) is 19.9 Å². The van der Waals surface area contributed by atoms with Crippen LogP contribution in [0.3, 0.4) is 0 Å². The monoisotopic (exact) mass is 367 g/mol. The van der Waals surface area contributed by atoms with Crippen molar-refractivity contribution in [2.24, 2.45) is 0 Å². The van der Waals surface area contributed by atoms with Gasteiger partial charge in [0.05, 0.1) is 24.4 Å². The first kappa shape index (κ1) is 17.2. The molecule has 0 spiro atoms. The van der Waals surface area contributed by atoms with E-state index < -0.39 is 0 Å². The van der Waals surface area contributed by atoms with E-state index in [2.05, 4.69) is 5.43 Å². The van der Waals surface area contributed by atoms with Gasteiger partial charge in [0.1, 0.15) is 10.1 Å². The number of nitrogens with zero attached hydrogens (tertiary/aromatic N) is 2. The number of carbonyl (C=O) groups excluding carboxylic acids is 2. The number of ether oxygens (including phenoxy) is 1. The molecule has 2 fully saturated rings. The first-order valence-corrected chi connectivity index (χ1v) is 8.77. The van der Waals surface area contributed by atoms with E-state index in [1.165, 1.54) is 16.7 Å². The Hall–Kier alpha value is -1.68. The van der Waals surface area contributed by atoms with Crippen LogP contribution in [0.25, 0.3) is 6.08 Å². The highest BCUT2D eigenvalue weighted by Gasteiger charge is 2.32. The van der Waals surface area contributed by atoms with Crippen molar-refractivity contribution in [2.45, 2.75) is 6.42 Å². The molecule has 24 heavy (non-hydrogen) atoms. The molecule has 0 unspecified atom stereocenters. The number of furan rings is 1. The van der Waals surface area contributed by atoms with E-state index >= 15 is 0 Å². The van der Waals surface area contributed by atoms with Crippen molar-refractivity contribution in [1.29, 1.82) is 0 Å². The van der Waals surface area contributed by atoms with Crippen LogP contribution < -0.4 is 5.43 Å². The maximum Gasteiger partial charge on any atom is 0.266 e. The molecule has 0 aliphatic carbocycles. The van der Waals surface area contributed by atoms with Gasteiger partial charge in [0.15, 0.2) is 0 Å². The first-order valence-electron chi connectivity index (χ1n) is 7.54. The molecule has 0 aromatic carbocycles. The molecule has 1 aromatic rings. The summed E-state index contributed by atoms with van der Waals surface area (Å²) in [6.07, 6.45) is 3.40. The van der Waals surface area contributed by atoms with Crippen LogP contribution >= 0.6 is 24.0 Å². The highest BCUT2D eigenvalue weighted by molar-refractivity contribution is 8.26. The molecule has 2 saturated heterocycles. The van der Waals surface area contributed by atoms with E-state index in [-0.39, 0.29) is 24.8 Å². The van der Waals surface area contributed by atoms with Gasteiger partial charge in [0.25, 0.3) is 5.91 Å². The summed E-state index contributed by atoms with van der Waals surface area (Å²) in [6.45, 7) is 2.80. The summed E-state index contributed by atoms with van der Waals surface area (Å²) in [4.78, 5) is 26.4. The number of carbonyl (C=O) groups is 2. The van der Waals surface area contributed by atoms with Gasteiger partial charge in [0.2, 0.25) is 5.91 Å². The van der Waals surface area contributed by atoms with Crippen molar-refractivity contribution in [2.75, 3.05) is 32.8 Å². The van der Waals surface area contributed by atoms with Crippen LogP contribution in [0, 0.1) is 0 Å². The zero-order valence-corrected chi connectivity index (χ0v) is 14.5. The van der Waals surface area contributed by atoms with Crippen LogP contribution in [-0.4, -0.2) is 58.9 Å². The summed E-state index contributed by atoms with van der Waals surface area (Å²) in [7, 11) is 0. The Bertz CT molecular complexity index is 654. The van der Waals surface area contributed by atoms with E-state index in [0.29, 0.717) is 41.3 Å². The number of thioether (sulfide) groups is 1. The molecule has 128 valence electrons. The molecule has 0 saturated carbocycles. The van der Waals surface area contributed by atoms with Crippen molar-refractivity contribution in [3.8, 4) is 0 Å². The predicted octanol–water partition coefficient (Wildman–Crippen LogP) is 1.23. The molecule has 2 amide bonds. The summed E-state index contributed by atoms with van der Waals surface area (Å²) in [5.41, 5.74) is 2.82. The third-order valence-electron chi connectivity index (χ3n) is 3.55. The summed E-state index contributed by atoms with van der Waals surface area (Å²) in [5.74, 6) is 0.266. The Labute approximate surface area is 148 Å². The molecule has 2 aliphatic rings. The van der Waals surface area contributed by atoms with Gasteiger partial charge in [-0.2, -0.15) is 0 Å². The predicted molar refractivity (Wildman–Crippen MR) is 93.7 cm³/mol. The summed E-state index contributed by atoms with van der Waals surface area (Å²) < 4.78 is 10.9. The van der Waals surface area contributed by atoms with Crippen molar-refractivity contribution in [3.63, 3.8) is 0 Å². The number of nitrogens with one attached hydrogen (secondary N) is 1. The van der Waals surface area contributed by atoms with Gasteiger partial charge < -0.3 is 9.15 Å². The maximum absolute atomic E-state index is 12.4. The molecular formula is C15H17N3O4S2. The van der Waals surface area contributed by atoms with Crippen LogP contribution in [-0.2, 0) is 14.3 Å². The normalized spacial score (nSPS) is 20.8. The van der Waals surface area contributed by atoms with Crippen molar-refractivity contribution in [1.82, 2.24) is 15.3 Å². The minimum atomic E-state index is -0.194. The topological polar surface area (TPSA) is 75.0 Å². The molecule has 3 heterocycles. The Balaban J connectivity index is 1.52. The molecule has 0 radical (unpaired) electrons. The largest absolute Gasteiger partial charge is 0.465 e. The van der Waals surface area contributed by atoms with Gasteiger partial charge in [-0.25, -0.2) is 5.01 Å².